The van der Waals surface area contributed by atoms with E-state index in [1.54, 1.807) is 31.3 Å². The second-order valence-electron chi connectivity index (χ2n) is 5.80. The molecule has 0 bridgehead atoms. The average Bonchev–Trinajstić information content (AvgIpc) is 2.66. The van der Waals surface area contributed by atoms with Gasteiger partial charge in [0.25, 0.3) is 0 Å². The molecule has 0 fully saturated rings. The summed E-state index contributed by atoms with van der Waals surface area (Å²) in [5, 5.41) is 0. The predicted molar refractivity (Wildman–Crippen MR) is 103 cm³/mol. The van der Waals surface area contributed by atoms with Gasteiger partial charge >= 0.3 is 0 Å². The first-order valence-electron chi connectivity index (χ1n) is 8.41. The molecule has 0 aromatic heterocycles. The number of hydrogen-bond acceptors (Lipinski definition) is 3. The van der Waals surface area contributed by atoms with Gasteiger partial charge in [0, 0.05) is 29.5 Å². The quantitative estimate of drug-likeness (QED) is 0.623. The van der Waals surface area contributed by atoms with Crippen LogP contribution in [0.15, 0.2) is 40.9 Å². The molecule has 0 saturated carbocycles. The number of carbonyl (C=O) groups excluding carboxylic acids is 1. The Hall–Kier alpha value is -2.08. The highest BCUT2D eigenvalue weighted by Crippen LogP contribution is 2.31. The summed E-state index contributed by atoms with van der Waals surface area (Å²) >= 11 is 3.34. The van der Waals surface area contributed by atoms with Gasteiger partial charge in [-0.25, -0.2) is 4.39 Å². The van der Waals surface area contributed by atoms with E-state index >= 15 is 0 Å². The Morgan fingerprint density at radius 1 is 1.15 bits per heavy atom. The van der Waals surface area contributed by atoms with Gasteiger partial charge in [0.15, 0.2) is 11.5 Å². The van der Waals surface area contributed by atoms with Crippen LogP contribution in [0.2, 0.25) is 0 Å². The molecule has 0 unspecified atom stereocenters. The first kappa shape index (κ1) is 20.2. The van der Waals surface area contributed by atoms with E-state index in [9.17, 15) is 9.18 Å². The Morgan fingerprint density at radius 2 is 1.92 bits per heavy atom. The number of ether oxygens (including phenoxy) is 2. The van der Waals surface area contributed by atoms with Gasteiger partial charge in [-0.3, -0.25) is 4.79 Å². The van der Waals surface area contributed by atoms with Crippen LogP contribution in [0.5, 0.6) is 11.5 Å². The molecule has 0 heterocycles. The molecule has 2 aromatic rings. The Morgan fingerprint density at radius 3 is 2.58 bits per heavy atom. The first-order valence-corrected chi connectivity index (χ1v) is 9.21. The molecule has 0 saturated heterocycles. The minimum Gasteiger partial charge on any atom is -0.493 e. The van der Waals surface area contributed by atoms with Crippen molar-refractivity contribution in [3.63, 3.8) is 0 Å². The molecule has 2 rings (SSSR count). The Kier molecular flexibility index (Phi) is 7.45. The average molecular weight is 424 g/mol. The maximum Gasteiger partial charge on any atom is 0.223 e. The summed E-state index contributed by atoms with van der Waals surface area (Å²) in [7, 11) is 3.16. The molecule has 0 aliphatic carbocycles. The van der Waals surface area contributed by atoms with Crippen LogP contribution in [-0.4, -0.2) is 31.6 Å². The highest BCUT2D eigenvalue weighted by atomic mass is 79.9. The second kappa shape index (κ2) is 9.57. The van der Waals surface area contributed by atoms with Crippen LogP contribution in [0.1, 0.15) is 24.5 Å². The molecule has 0 aliphatic rings. The maximum atomic E-state index is 14.0. The van der Waals surface area contributed by atoms with Crippen molar-refractivity contribution in [2.45, 2.75) is 26.3 Å². The van der Waals surface area contributed by atoms with E-state index < -0.39 is 0 Å². The van der Waals surface area contributed by atoms with Crippen LogP contribution < -0.4 is 9.47 Å². The van der Waals surface area contributed by atoms with E-state index in [1.807, 2.05) is 25.1 Å². The molecule has 6 heteroatoms. The molecule has 140 valence electrons. The third-order valence-electron chi connectivity index (χ3n) is 4.20. The largest absolute Gasteiger partial charge is 0.493 e. The number of carbonyl (C=O) groups is 1. The zero-order valence-corrected chi connectivity index (χ0v) is 16.8. The summed E-state index contributed by atoms with van der Waals surface area (Å²) in [6.45, 7) is 2.65. The SMILES string of the molecule is CCN(Cc1cc(Br)ccc1F)C(=O)CCc1cccc(OC)c1OC. The third-order valence-corrected chi connectivity index (χ3v) is 4.69. The van der Waals surface area contributed by atoms with E-state index in [2.05, 4.69) is 15.9 Å². The summed E-state index contributed by atoms with van der Waals surface area (Å²) < 4.78 is 25.5. The van der Waals surface area contributed by atoms with E-state index in [0.29, 0.717) is 36.4 Å². The van der Waals surface area contributed by atoms with Crippen molar-refractivity contribution in [3.8, 4) is 11.5 Å². The van der Waals surface area contributed by atoms with Crippen LogP contribution in [0.3, 0.4) is 0 Å². The number of hydrogen-bond donors (Lipinski definition) is 0. The molecule has 1 amide bonds. The molecule has 0 N–H and O–H groups in total. The number of aryl methyl sites for hydroxylation is 1. The Labute approximate surface area is 162 Å². The fraction of sp³-hybridized carbons (Fsp3) is 0.350. The van der Waals surface area contributed by atoms with Crippen LogP contribution in [0.25, 0.3) is 0 Å². The number of para-hydroxylation sites is 1. The van der Waals surface area contributed by atoms with E-state index in [-0.39, 0.29) is 18.3 Å². The van der Waals surface area contributed by atoms with Gasteiger partial charge in [-0.2, -0.15) is 0 Å². The minimum absolute atomic E-state index is 0.0308. The molecule has 26 heavy (non-hydrogen) atoms. The van der Waals surface area contributed by atoms with Crippen molar-refractivity contribution in [2.75, 3.05) is 20.8 Å². The van der Waals surface area contributed by atoms with E-state index in [0.717, 1.165) is 10.0 Å². The Balaban J connectivity index is 2.07. The number of methoxy groups -OCH3 is 2. The van der Waals surface area contributed by atoms with E-state index in [1.165, 1.54) is 6.07 Å². The summed E-state index contributed by atoms with van der Waals surface area (Å²) in [5.74, 6) is 0.940. The van der Waals surface area contributed by atoms with Gasteiger partial charge in [-0.1, -0.05) is 28.1 Å². The smallest absolute Gasteiger partial charge is 0.223 e. The van der Waals surface area contributed by atoms with Gasteiger partial charge in [-0.15, -0.1) is 0 Å². The maximum absolute atomic E-state index is 14.0. The standard InChI is InChI=1S/C20H23BrFNO3/c1-4-23(13-15-12-16(21)9-10-17(15)22)19(24)11-8-14-6-5-7-18(25-2)20(14)26-3/h5-7,9-10,12H,4,8,11,13H2,1-3H3. The van der Waals surface area contributed by atoms with Crippen molar-refractivity contribution in [3.05, 3.63) is 57.8 Å². The summed E-state index contributed by atoms with van der Waals surface area (Å²) in [6.07, 6.45) is 0.837. The van der Waals surface area contributed by atoms with Gasteiger partial charge in [-0.05, 0) is 43.2 Å². The van der Waals surface area contributed by atoms with Gasteiger partial charge < -0.3 is 14.4 Å². The molecular formula is C20H23BrFNO3. The van der Waals surface area contributed by atoms with Crippen LogP contribution in [0, 0.1) is 5.82 Å². The van der Waals surface area contributed by atoms with Crippen molar-refractivity contribution in [2.24, 2.45) is 0 Å². The highest BCUT2D eigenvalue weighted by molar-refractivity contribution is 9.10. The first-order chi connectivity index (χ1) is 12.5. The minimum atomic E-state index is -0.311. The highest BCUT2D eigenvalue weighted by Gasteiger charge is 2.16. The van der Waals surface area contributed by atoms with Crippen molar-refractivity contribution >= 4 is 21.8 Å². The summed E-state index contributed by atoms with van der Waals surface area (Å²) in [4.78, 5) is 14.3. The number of rotatable bonds is 8. The lowest BCUT2D eigenvalue weighted by molar-refractivity contribution is -0.131. The van der Waals surface area contributed by atoms with E-state index in [4.69, 9.17) is 9.47 Å². The topological polar surface area (TPSA) is 38.8 Å². The molecule has 4 nitrogen and oxygen atoms in total. The zero-order valence-electron chi connectivity index (χ0n) is 15.2. The third kappa shape index (κ3) is 4.97. The molecule has 2 aromatic carbocycles. The summed E-state index contributed by atoms with van der Waals surface area (Å²) in [5.41, 5.74) is 1.40. The monoisotopic (exact) mass is 423 g/mol. The fourth-order valence-electron chi connectivity index (χ4n) is 2.80. The number of nitrogens with zero attached hydrogens (tertiary/aromatic N) is 1. The Bertz CT molecular complexity index is 767. The lowest BCUT2D eigenvalue weighted by atomic mass is 10.1. The lowest BCUT2D eigenvalue weighted by Crippen LogP contribution is -2.30. The normalized spacial score (nSPS) is 10.5. The molecule has 0 spiro atoms. The zero-order chi connectivity index (χ0) is 19.1. The van der Waals surface area contributed by atoms with Gasteiger partial charge in [0.05, 0.1) is 14.2 Å². The number of benzene rings is 2. The molecule has 0 radical (unpaired) electrons. The van der Waals surface area contributed by atoms with Crippen molar-refractivity contribution in [1.29, 1.82) is 0 Å². The molecule has 0 aliphatic heterocycles. The van der Waals surface area contributed by atoms with Crippen LogP contribution >= 0.6 is 15.9 Å². The second-order valence-corrected chi connectivity index (χ2v) is 6.71. The number of amides is 1. The molecular weight excluding hydrogens is 401 g/mol. The predicted octanol–water partition coefficient (Wildman–Crippen LogP) is 4.59. The van der Waals surface area contributed by atoms with Gasteiger partial charge in [0.2, 0.25) is 5.91 Å². The van der Waals surface area contributed by atoms with Crippen LogP contribution in [0.4, 0.5) is 4.39 Å². The lowest BCUT2D eigenvalue weighted by Gasteiger charge is -2.22. The van der Waals surface area contributed by atoms with Crippen LogP contribution in [-0.2, 0) is 17.8 Å². The molecule has 0 atom stereocenters. The van der Waals surface area contributed by atoms with Crippen molar-refractivity contribution in [1.82, 2.24) is 4.90 Å². The number of halogens is 2. The summed E-state index contributed by atoms with van der Waals surface area (Å²) in [6, 6.07) is 10.4. The van der Waals surface area contributed by atoms with Gasteiger partial charge in [0.1, 0.15) is 5.82 Å². The van der Waals surface area contributed by atoms with Crippen molar-refractivity contribution < 1.29 is 18.7 Å². The fourth-order valence-corrected chi connectivity index (χ4v) is 3.21.